The molecule has 2 aromatic rings. The maximum Gasteiger partial charge on any atom is 0.238 e. The first kappa shape index (κ1) is 12.0. The van der Waals surface area contributed by atoms with E-state index in [1.165, 1.54) is 12.1 Å². The van der Waals surface area contributed by atoms with Gasteiger partial charge in [-0.05, 0) is 12.1 Å². The number of nitrogens with zero attached hydrogens (tertiary/aromatic N) is 4. The van der Waals surface area contributed by atoms with Crippen molar-refractivity contribution in [1.82, 2.24) is 15.0 Å². The summed E-state index contributed by atoms with van der Waals surface area (Å²) < 4.78 is 13.6. The van der Waals surface area contributed by atoms with E-state index in [-0.39, 0.29) is 28.4 Å². The van der Waals surface area contributed by atoms with Crippen LogP contribution in [0, 0.1) is 17.1 Å². The standard InChI is InChI=1S/C10H6ClFN6/c11-5-2-1-3-6(8(5)12)15-10-17-7(4-13)16-9(14)18-10/h1-3H,(H3,14,15,16,17,18). The van der Waals surface area contributed by atoms with Crippen molar-refractivity contribution in [2.75, 3.05) is 11.1 Å². The highest BCUT2D eigenvalue weighted by Gasteiger charge is 2.09. The van der Waals surface area contributed by atoms with Crippen LogP contribution in [0.15, 0.2) is 18.2 Å². The molecule has 18 heavy (non-hydrogen) atoms. The Morgan fingerprint density at radius 2 is 2.11 bits per heavy atom. The molecule has 1 aromatic heterocycles. The fourth-order valence-electron chi connectivity index (χ4n) is 1.22. The number of nitrogens with two attached hydrogens (primary N) is 1. The summed E-state index contributed by atoms with van der Waals surface area (Å²) in [5, 5.41) is 11.2. The van der Waals surface area contributed by atoms with Gasteiger partial charge in [-0.1, -0.05) is 17.7 Å². The van der Waals surface area contributed by atoms with Crippen LogP contribution in [0.4, 0.5) is 22.0 Å². The zero-order valence-corrected chi connectivity index (χ0v) is 9.61. The number of benzene rings is 1. The topological polar surface area (TPSA) is 101 Å². The van der Waals surface area contributed by atoms with E-state index in [0.29, 0.717) is 0 Å². The lowest BCUT2D eigenvalue weighted by Crippen LogP contribution is -2.06. The van der Waals surface area contributed by atoms with Crippen LogP contribution in [-0.2, 0) is 0 Å². The minimum absolute atomic E-state index is 0.0276. The van der Waals surface area contributed by atoms with Crippen LogP contribution >= 0.6 is 11.6 Å². The number of rotatable bonds is 2. The molecule has 90 valence electrons. The van der Waals surface area contributed by atoms with Crippen molar-refractivity contribution in [3.8, 4) is 6.07 Å². The molecule has 2 rings (SSSR count). The molecule has 0 fully saturated rings. The number of halogens is 2. The van der Waals surface area contributed by atoms with Gasteiger partial charge in [0.2, 0.25) is 17.7 Å². The molecule has 0 spiro atoms. The number of hydrogen-bond donors (Lipinski definition) is 2. The Bertz CT molecular complexity index is 639. The van der Waals surface area contributed by atoms with Gasteiger partial charge in [0.25, 0.3) is 0 Å². The van der Waals surface area contributed by atoms with Crippen LogP contribution < -0.4 is 11.1 Å². The van der Waals surface area contributed by atoms with Gasteiger partial charge in [-0.25, -0.2) is 4.39 Å². The molecule has 0 bridgehead atoms. The molecule has 0 aliphatic carbocycles. The average Bonchev–Trinajstić information content (AvgIpc) is 2.34. The van der Waals surface area contributed by atoms with Gasteiger partial charge in [0.1, 0.15) is 6.07 Å². The van der Waals surface area contributed by atoms with Crippen molar-refractivity contribution >= 4 is 29.2 Å². The Morgan fingerprint density at radius 1 is 1.33 bits per heavy atom. The molecule has 8 heteroatoms. The molecule has 3 N–H and O–H groups in total. The second kappa shape index (κ2) is 4.81. The van der Waals surface area contributed by atoms with Crippen LogP contribution in [0.25, 0.3) is 0 Å². The van der Waals surface area contributed by atoms with Crippen molar-refractivity contribution in [2.24, 2.45) is 0 Å². The molecule has 0 atom stereocenters. The fourth-order valence-corrected chi connectivity index (χ4v) is 1.39. The first-order valence-corrected chi connectivity index (χ1v) is 5.10. The normalized spacial score (nSPS) is 9.83. The summed E-state index contributed by atoms with van der Waals surface area (Å²) >= 11 is 5.62. The van der Waals surface area contributed by atoms with E-state index in [2.05, 4.69) is 20.3 Å². The van der Waals surface area contributed by atoms with E-state index in [9.17, 15) is 4.39 Å². The van der Waals surface area contributed by atoms with Crippen LogP contribution in [0.1, 0.15) is 5.82 Å². The molecule has 0 unspecified atom stereocenters. The SMILES string of the molecule is N#Cc1nc(N)nc(Nc2cccc(Cl)c2F)n1. The second-order valence-electron chi connectivity index (χ2n) is 3.18. The quantitative estimate of drug-likeness (QED) is 0.859. The first-order chi connectivity index (χ1) is 8.60. The van der Waals surface area contributed by atoms with Crippen LogP contribution in [-0.4, -0.2) is 15.0 Å². The van der Waals surface area contributed by atoms with E-state index >= 15 is 0 Å². The lowest BCUT2D eigenvalue weighted by atomic mass is 10.3. The molecule has 1 aromatic carbocycles. The third-order valence-corrected chi connectivity index (χ3v) is 2.24. The van der Waals surface area contributed by atoms with Crippen LogP contribution in [0.2, 0.25) is 5.02 Å². The Morgan fingerprint density at radius 3 is 2.83 bits per heavy atom. The van der Waals surface area contributed by atoms with E-state index in [0.717, 1.165) is 0 Å². The first-order valence-electron chi connectivity index (χ1n) is 4.73. The Hall–Kier alpha value is -2.46. The Labute approximate surface area is 106 Å². The highest BCUT2D eigenvalue weighted by Crippen LogP contribution is 2.24. The minimum atomic E-state index is -0.642. The Balaban J connectivity index is 2.37. The molecule has 6 nitrogen and oxygen atoms in total. The predicted octanol–water partition coefficient (Wildman–Crippen LogP) is 1.86. The fraction of sp³-hybridized carbons (Fsp3) is 0. The van der Waals surface area contributed by atoms with Crippen molar-refractivity contribution in [3.63, 3.8) is 0 Å². The smallest absolute Gasteiger partial charge is 0.238 e. The van der Waals surface area contributed by atoms with E-state index in [1.807, 2.05) is 0 Å². The number of nitrogens with one attached hydrogen (secondary N) is 1. The maximum atomic E-state index is 13.6. The van der Waals surface area contributed by atoms with Crippen LogP contribution in [0.3, 0.4) is 0 Å². The summed E-state index contributed by atoms with van der Waals surface area (Å²) in [6.45, 7) is 0. The summed E-state index contributed by atoms with van der Waals surface area (Å²) in [6.07, 6.45) is 0. The van der Waals surface area contributed by atoms with Gasteiger partial charge in [-0.2, -0.15) is 20.2 Å². The van der Waals surface area contributed by atoms with Gasteiger partial charge in [0.15, 0.2) is 5.82 Å². The minimum Gasteiger partial charge on any atom is -0.368 e. The molecule has 1 heterocycles. The number of aromatic nitrogens is 3. The van der Waals surface area contributed by atoms with Crippen molar-refractivity contribution in [1.29, 1.82) is 5.26 Å². The van der Waals surface area contributed by atoms with E-state index in [1.54, 1.807) is 12.1 Å². The predicted molar refractivity (Wildman–Crippen MR) is 63.6 cm³/mol. The average molecular weight is 265 g/mol. The van der Waals surface area contributed by atoms with E-state index < -0.39 is 5.82 Å². The zero-order chi connectivity index (χ0) is 13.1. The lowest BCUT2D eigenvalue weighted by molar-refractivity contribution is 0.632. The molecule has 0 radical (unpaired) electrons. The molecule has 0 saturated carbocycles. The summed E-state index contributed by atoms with van der Waals surface area (Å²) in [5.74, 6) is -0.962. The van der Waals surface area contributed by atoms with Gasteiger partial charge in [0.05, 0.1) is 10.7 Å². The molecular formula is C10H6ClFN6. The summed E-state index contributed by atoms with van der Waals surface area (Å²) in [4.78, 5) is 11.0. The number of nitrogen functional groups attached to an aromatic ring is 1. The highest BCUT2D eigenvalue weighted by molar-refractivity contribution is 6.31. The van der Waals surface area contributed by atoms with Gasteiger partial charge in [0, 0.05) is 0 Å². The van der Waals surface area contributed by atoms with Gasteiger partial charge in [-0.3, -0.25) is 0 Å². The number of anilines is 3. The maximum absolute atomic E-state index is 13.6. The van der Waals surface area contributed by atoms with Crippen molar-refractivity contribution in [2.45, 2.75) is 0 Å². The van der Waals surface area contributed by atoms with E-state index in [4.69, 9.17) is 22.6 Å². The third kappa shape index (κ3) is 2.44. The summed E-state index contributed by atoms with van der Waals surface area (Å²) in [5.41, 5.74) is 5.46. The zero-order valence-electron chi connectivity index (χ0n) is 8.85. The molecule has 0 aliphatic heterocycles. The van der Waals surface area contributed by atoms with Gasteiger partial charge < -0.3 is 11.1 Å². The molecule has 0 amide bonds. The summed E-state index contributed by atoms with van der Waals surface area (Å²) in [7, 11) is 0. The van der Waals surface area contributed by atoms with Crippen molar-refractivity contribution < 1.29 is 4.39 Å². The largest absolute Gasteiger partial charge is 0.368 e. The Kier molecular flexibility index (Phi) is 3.21. The summed E-state index contributed by atoms with van der Waals surface area (Å²) in [6, 6.07) is 6.14. The number of hydrogen-bond acceptors (Lipinski definition) is 6. The second-order valence-corrected chi connectivity index (χ2v) is 3.59. The molecule has 0 aliphatic rings. The molecular weight excluding hydrogens is 259 g/mol. The van der Waals surface area contributed by atoms with Gasteiger partial charge in [-0.15, -0.1) is 0 Å². The number of nitriles is 1. The lowest BCUT2D eigenvalue weighted by Gasteiger charge is -2.06. The monoisotopic (exact) mass is 264 g/mol. The highest BCUT2D eigenvalue weighted by atomic mass is 35.5. The van der Waals surface area contributed by atoms with Gasteiger partial charge >= 0.3 is 0 Å². The third-order valence-electron chi connectivity index (χ3n) is 1.95. The molecule has 0 saturated heterocycles. The van der Waals surface area contributed by atoms with Crippen LogP contribution in [0.5, 0.6) is 0 Å². The van der Waals surface area contributed by atoms with Crippen molar-refractivity contribution in [3.05, 3.63) is 34.9 Å².